The third-order valence-electron chi connectivity index (χ3n) is 5.24. The number of anilines is 1. The third kappa shape index (κ3) is 6.05. The maximum Gasteiger partial charge on any atom is 0.266 e. The van der Waals surface area contributed by atoms with Crippen LogP contribution in [0.2, 0.25) is 10.0 Å². The van der Waals surface area contributed by atoms with Gasteiger partial charge in [-0.1, -0.05) is 95.7 Å². The fraction of sp³-hybridized carbons (Fsp3) is 0.115. The number of nitrogens with zero attached hydrogens (tertiary/aromatic N) is 1. The number of thiocarbonyl (C=S) groups is 1. The second-order valence-corrected chi connectivity index (χ2v) is 10.1. The first-order chi connectivity index (χ1) is 16.8. The number of ether oxygens (including phenoxy) is 1. The van der Waals surface area contributed by atoms with E-state index in [-0.39, 0.29) is 29.5 Å². The summed E-state index contributed by atoms with van der Waals surface area (Å²) in [5.74, 6) is -0.0324. The number of hydrogen-bond donors (Lipinski definition) is 1. The van der Waals surface area contributed by atoms with Crippen LogP contribution in [0, 0.1) is 0 Å². The SMILES string of the molecule is C[C@@H](c1ccccc1)N1C(=O)/C(=C/c2cccc(OCC(=O)Nc3cccc(Cl)c3Cl)c2)SC1=S. The topological polar surface area (TPSA) is 58.6 Å². The van der Waals surface area contributed by atoms with Crippen LogP contribution in [0.15, 0.2) is 77.7 Å². The Morgan fingerprint density at radius 1 is 1.11 bits per heavy atom. The maximum absolute atomic E-state index is 13.1. The van der Waals surface area contributed by atoms with Gasteiger partial charge in [0.2, 0.25) is 0 Å². The van der Waals surface area contributed by atoms with E-state index in [2.05, 4.69) is 5.32 Å². The number of benzene rings is 3. The van der Waals surface area contributed by atoms with Gasteiger partial charge in [0.25, 0.3) is 11.8 Å². The average molecular weight is 543 g/mol. The molecule has 0 aliphatic carbocycles. The molecular weight excluding hydrogens is 523 g/mol. The van der Waals surface area contributed by atoms with Crippen molar-refractivity contribution in [1.82, 2.24) is 4.90 Å². The highest BCUT2D eigenvalue weighted by Crippen LogP contribution is 2.38. The van der Waals surface area contributed by atoms with Gasteiger partial charge in [-0.2, -0.15) is 0 Å². The van der Waals surface area contributed by atoms with Crippen molar-refractivity contribution in [2.24, 2.45) is 0 Å². The van der Waals surface area contributed by atoms with Gasteiger partial charge in [0.15, 0.2) is 6.61 Å². The molecule has 1 aliphatic heterocycles. The summed E-state index contributed by atoms with van der Waals surface area (Å²) in [5.41, 5.74) is 2.18. The lowest BCUT2D eigenvalue weighted by Gasteiger charge is -2.23. The van der Waals surface area contributed by atoms with Crippen molar-refractivity contribution in [3.63, 3.8) is 0 Å². The van der Waals surface area contributed by atoms with Gasteiger partial charge >= 0.3 is 0 Å². The molecule has 178 valence electrons. The van der Waals surface area contributed by atoms with E-state index >= 15 is 0 Å². The highest BCUT2D eigenvalue weighted by Gasteiger charge is 2.35. The Balaban J connectivity index is 1.42. The lowest BCUT2D eigenvalue weighted by atomic mass is 10.1. The second kappa shape index (κ2) is 11.3. The Hall–Kier alpha value is -2.84. The molecule has 9 heteroatoms. The molecule has 5 nitrogen and oxygen atoms in total. The molecule has 0 saturated carbocycles. The minimum Gasteiger partial charge on any atom is -0.484 e. The molecule has 1 atom stereocenters. The fourth-order valence-electron chi connectivity index (χ4n) is 3.48. The first-order valence-corrected chi connectivity index (χ1v) is 12.6. The Morgan fingerprint density at radius 2 is 1.86 bits per heavy atom. The molecule has 3 aromatic rings. The van der Waals surface area contributed by atoms with Crippen molar-refractivity contribution in [2.75, 3.05) is 11.9 Å². The van der Waals surface area contributed by atoms with Crippen LogP contribution < -0.4 is 10.1 Å². The Bertz CT molecular complexity index is 1310. The molecule has 1 fully saturated rings. The van der Waals surface area contributed by atoms with Crippen LogP contribution in [-0.4, -0.2) is 27.6 Å². The quantitative estimate of drug-likeness (QED) is 0.258. The minimum absolute atomic E-state index is 0.138. The standard InChI is InChI=1S/C26H20Cl2N2O3S2/c1-16(18-8-3-2-4-9-18)30-25(32)22(35-26(30)34)14-17-7-5-10-19(13-17)33-15-23(31)29-21-12-6-11-20(27)24(21)28/h2-14,16H,15H2,1H3,(H,29,31)/b22-14-/t16-/m0/s1. The van der Waals surface area contributed by atoms with E-state index in [0.29, 0.717) is 25.7 Å². The van der Waals surface area contributed by atoms with Gasteiger partial charge in [0.05, 0.1) is 26.7 Å². The number of carbonyl (C=O) groups is 2. The molecule has 0 radical (unpaired) electrons. The first-order valence-electron chi connectivity index (χ1n) is 10.6. The summed E-state index contributed by atoms with van der Waals surface area (Å²) in [6.45, 7) is 1.74. The lowest BCUT2D eigenvalue weighted by molar-refractivity contribution is -0.123. The predicted octanol–water partition coefficient (Wildman–Crippen LogP) is 6.97. The molecule has 0 unspecified atom stereocenters. The van der Waals surface area contributed by atoms with Gasteiger partial charge in [0.1, 0.15) is 10.1 Å². The summed E-state index contributed by atoms with van der Waals surface area (Å²) in [6, 6.07) is 21.7. The smallest absolute Gasteiger partial charge is 0.266 e. The van der Waals surface area contributed by atoms with Gasteiger partial charge in [0, 0.05) is 0 Å². The molecule has 0 bridgehead atoms. The first kappa shape index (κ1) is 25.3. The molecule has 2 amide bonds. The zero-order valence-electron chi connectivity index (χ0n) is 18.5. The molecule has 4 rings (SSSR count). The Labute approximate surface area is 223 Å². The van der Waals surface area contributed by atoms with Crippen LogP contribution in [0.3, 0.4) is 0 Å². The zero-order chi connectivity index (χ0) is 24.9. The van der Waals surface area contributed by atoms with E-state index in [1.165, 1.54) is 11.8 Å². The van der Waals surface area contributed by atoms with E-state index in [4.69, 9.17) is 40.2 Å². The van der Waals surface area contributed by atoms with Crippen molar-refractivity contribution in [3.05, 3.63) is 98.9 Å². The van der Waals surface area contributed by atoms with Gasteiger partial charge in [-0.25, -0.2) is 0 Å². The van der Waals surface area contributed by atoms with Crippen molar-refractivity contribution in [2.45, 2.75) is 13.0 Å². The normalized spacial score (nSPS) is 15.4. The van der Waals surface area contributed by atoms with E-state index < -0.39 is 0 Å². The van der Waals surface area contributed by atoms with Gasteiger partial charge < -0.3 is 10.1 Å². The molecule has 1 aliphatic rings. The molecule has 1 saturated heterocycles. The van der Waals surface area contributed by atoms with Crippen LogP contribution in [0.25, 0.3) is 6.08 Å². The van der Waals surface area contributed by atoms with Gasteiger partial charge in [-0.3, -0.25) is 14.5 Å². The lowest BCUT2D eigenvalue weighted by Crippen LogP contribution is -2.30. The highest BCUT2D eigenvalue weighted by atomic mass is 35.5. The molecule has 0 aromatic heterocycles. The Kier molecular flexibility index (Phi) is 8.13. The molecule has 1 heterocycles. The van der Waals surface area contributed by atoms with E-state index in [0.717, 1.165) is 11.1 Å². The van der Waals surface area contributed by atoms with E-state index in [9.17, 15) is 9.59 Å². The number of carbonyl (C=O) groups excluding carboxylic acids is 2. The summed E-state index contributed by atoms with van der Waals surface area (Å²) < 4.78 is 6.15. The van der Waals surface area contributed by atoms with E-state index in [1.807, 2.05) is 43.3 Å². The summed E-state index contributed by atoms with van der Waals surface area (Å²) in [4.78, 5) is 27.6. The van der Waals surface area contributed by atoms with Crippen molar-refractivity contribution in [1.29, 1.82) is 0 Å². The number of thioether (sulfide) groups is 1. The molecular formula is C26H20Cl2N2O3S2. The monoisotopic (exact) mass is 542 g/mol. The van der Waals surface area contributed by atoms with E-state index in [1.54, 1.807) is 47.4 Å². The second-order valence-electron chi connectivity index (χ2n) is 7.65. The maximum atomic E-state index is 13.1. The number of halogens is 2. The number of nitrogens with one attached hydrogen (secondary N) is 1. The zero-order valence-corrected chi connectivity index (χ0v) is 21.7. The molecule has 1 N–H and O–H groups in total. The number of rotatable bonds is 7. The average Bonchev–Trinajstić information content (AvgIpc) is 3.13. The molecule has 3 aromatic carbocycles. The van der Waals surface area contributed by atoms with Crippen LogP contribution in [0.4, 0.5) is 5.69 Å². The van der Waals surface area contributed by atoms with Crippen LogP contribution in [0.5, 0.6) is 5.75 Å². The summed E-state index contributed by atoms with van der Waals surface area (Å²) in [6.07, 6.45) is 1.77. The van der Waals surface area contributed by atoms with Gasteiger partial charge in [-0.15, -0.1) is 0 Å². The highest BCUT2D eigenvalue weighted by molar-refractivity contribution is 8.26. The largest absolute Gasteiger partial charge is 0.484 e. The third-order valence-corrected chi connectivity index (χ3v) is 7.39. The van der Waals surface area contributed by atoms with Crippen LogP contribution in [-0.2, 0) is 9.59 Å². The number of amides is 2. The molecule has 0 spiro atoms. The summed E-state index contributed by atoms with van der Waals surface area (Å²) >= 11 is 18.8. The fourth-order valence-corrected chi connectivity index (χ4v) is 5.24. The van der Waals surface area contributed by atoms with Crippen molar-refractivity contribution in [3.8, 4) is 5.75 Å². The summed E-state index contributed by atoms with van der Waals surface area (Å²) in [7, 11) is 0. The van der Waals surface area contributed by atoms with Gasteiger partial charge in [-0.05, 0) is 48.4 Å². The number of hydrogen-bond acceptors (Lipinski definition) is 5. The van der Waals surface area contributed by atoms with Crippen LogP contribution in [0.1, 0.15) is 24.1 Å². The minimum atomic E-state index is -0.379. The molecule has 35 heavy (non-hydrogen) atoms. The van der Waals surface area contributed by atoms with Crippen LogP contribution >= 0.6 is 47.2 Å². The Morgan fingerprint density at radius 3 is 2.63 bits per heavy atom. The predicted molar refractivity (Wildman–Crippen MR) is 147 cm³/mol. The van der Waals surface area contributed by atoms with Crippen molar-refractivity contribution >= 4 is 75.1 Å². The van der Waals surface area contributed by atoms with Crippen molar-refractivity contribution < 1.29 is 14.3 Å². The summed E-state index contributed by atoms with van der Waals surface area (Å²) in [5, 5.41) is 3.29.